The minimum absolute atomic E-state index is 0.188. The number of benzene rings is 3. The second kappa shape index (κ2) is 10.4. The molecule has 0 heterocycles. The molecule has 3 aromatic carbocycles. The van der Waals surface area contributed by atoms with Crippen molar-refractivity contribution < 1.29 is 14.8 Å². The predicted octanol–water partition coefficient (Wildman–Crippen LogP) is 4.38. The Bertz CT molecular complexity index is 1030. The molecular weight excluding hydrogens is 396 g/mol. The Hall–Kier alpha value is -3.35. The first-order valence-electron chi connectivity index (χ1n) is 9.33. The first-order chi connectivity index (χ1) is 14.6. The molecule has 0 saturated carbocycles. The van der Waals surface area contributed by atoms with E-state index in [9.17, 15) is 9.59 Å². The Morgan fingerprint density at radius 1 is 0.900 bits per heavy atom. The second-order valence-electron chi connectivity index (χ2n) is 6.52. The standard InChI is InChI=1S/C24H22N2O3S/c1-30-21-13-9-17(10-14-21)15-22(19-5-3-2-4-6-19)24(28)25-16-18-7-11-20(12-8-18)23(27)26-29/h2-15,29H,16H2,1H3,(H,25,28)(H,26,27). The third-order valence-corrected chi connectivity index (χ3v) is 5.27. The van der Waals surface area contributed by atoms with Gasteiger partial charge in [-0.3, -0.25) is 14.8 Å². The minimum atomic E-state index is -0.577. The lowest BCUT2D eigenvalue weighted by molar-refractivity contribution is -0.115. The smallest absolute Gasteiger partial charge is 0.274 e. The molecule has 0 aliphatic heterocycles. The Morgan fingerprint density at radius 2 is 1.57 bits per heavy atom. The van der Waals surface area contributed by atoms with Crippen LogP contribution in [0, 0.1) is 0 Å². The maximum Gasteiger partial charge on any atom is 0.274 e. The fourth-order valence-electron chi connectivity index (χ4n) is 2.88. The van der Waals surface area contributed by atoms with Gasteiger partial charge < -0.3 is 5.32 Å². The lowest BCUT2D eigenvalue weighted by Gasteiger charge is -2.11. The van der Waals surface area contributed by atoms with Gasteiger partial charge in [0.05, 0.1) is 0 Å². The summed E-state index contributed by atoms with van der Waals surface area (Å²) >= 11 is 1.67. The summed E-state index contributed by atoms with van der Waals surface area (Å²) in [5.41, 5.74) is 5.13. The van der Waals surface area contributed by atoms with E-state index in [1.807, 2.05) is 66.9 Å². The highest BCUT2D eigenvalue weighted by Crippen LogP contribution is 2.21. The zero-order chi connectivity index (χ0) is 21.3. The maximum absolute atomic E-state index is 13.0. The lowest BCUT2D eigenvalue weighted by atomic mass is 10.0. The zero-order valence-electron chi connectivity index (χ0n) is 16.5. The molecule has 0 bridgehead atoms. The van der Waals surface area contributed by atoms with Crippen LogP contribution in [0.1, 0.15) is 27.0 Å². The van der Waals surface area contributed by atoms with Crippen LogP contribution in [0.2, 0.25) is 0 Å². The van der Waals surface area contributed by atoms with Crippen molar-refractivity contribution in [2.75, 3.05) is 6.26 Å². The summed E-state index contributed by atoms with van der Waals surface area (Å²) < 4.78 is 0. The fraction of sp³-hybridized carbons (Fsp3) is 0.0833. The first kappa shape index (κ1) is 21.4. The molecule has 0 fully saturated rings. The van der Waals surface area contributed by atoms with Crippen molar-refractivity contribution in [2.24, 2.45) is 0 Å². The Balaban J connectivity index is 1.78. The Labute approximate surface area is 179 Å². The van der Waals surface area contributed by atoms with Crippen LogP contribution in [0.5, 0.6) is 0 Å². The number of thioether (sulfide) groups is 1. The Kier molecular flexibility index (Phi) is 7.43. The predicted molar refractivity (Wildman–Crippen MR) is 120 cm³/mol. The molecule has 3 aromatic rings. The van der Waals surface area contributed by atoms with Gasteiger partial charge in [-0.05, 0) is 53.3 Å². The molecule has 6 heteroatoms. The van der Waals surface area contributed by atoms with Crippen molar-refractivity contribution in [3.05, 3.63) is 101 Å². The number of nitrogens with one attached hydrogen (secondary N) is 2. The molecule has 0 radical (unpaired) electrons. The average Bonchev–Trinajstić information content (AvgIpc) is 2.81. The van der Waals surface area contributed by atoms with E-state index in [4.69, 9.17) is 5.21 Å². The summed E-state index contributed by atoms with van der Waals surface area (Å²) in [4.78, 5) is 25.6. The van der Waals surface area contributed by atoms with Crippen LogP contribution in [0.3, 0.4) is 0 Å². The van der Waals surface area contributed by atoms with E-state index in [1.54, 1.807) is 41.5 Å². The molecule has 0 aromatic heterocycles. The van der Waals surface area contributed by atoms with E-state index in [-0.39, 0.29) is 5.91 Å². The third kappa shape index (κ3) is 5.59. The first-order valence-corrected chi connectivity index (χ1v) is 10.6. The SMILES string of the molecule is CSc1ccc(C=C(C(=O)NCc2ccc(C(=O)NO)cc2)c2ccccc2)cc1. The maximum atomic E-state index is 13.0. The number of hydroxylamine groups is 1. The van der Waals surface area contributed by atoms with Gasteiger partial charge in [0.1, 0.15) is 0 Å². The second-order valence-corrected chi connectivity index (χ2v) is 7.40. The number of amides is 2. The average molecular weight is 419 g/mol. The van der Waals surface area contributed by atoms with Crippen molar-refractivity contribution in [1.82, 2.24) is 10.8 Å². The van der Waals surface area contributed by atoms with Crippen LogP contribution < -0.4 is 10.8 Å². The molecule has 0 saturated heterocycles. The largest absolute Gasteiger partial charge is 0.348 e. The molecule has 2 amide bonds. The van der Waals surface area contributed by atoms with Crippen LogP contribution in [-0.4, -0.2) is 23.3 Å². The van der Waals surface area contributed by atoms with Gasteiger partial charge >= 0.3 is 0 Å². The lowest BCUT2D eigenvalue weighted by Crippen LogP contribution is -2.24. The van der Waals surface area contributed by atoms with Crippen LogP contribution in [0.4, 0.5) is 0 Å². The number of carbonyl (C=O) groups is 2. The summed E-state index contributed by atoms with van der Waals surface area (Å²) in [6.07, 6.45) is 3.90. The van der Waals surface area contributed by atoms with Gasteiger partial charge in [0.25, 0.3) is 11.8 Å². The van der Waals surface area contributed by atoms with Crippen LogP contribution in [-0.2, 0) is 11.3 Å². The van der Waals surface area contributed by atoms with Gasteiger partial charge in [0, 0.05) is 22.6 Å². The molecule has 5 nitrogen and oxygen atoms in total. The van der Waals surface area contributed by atoms with E-state index >= 15 is 0 Å². The molecule has 3 rings (SSSR count). The molecule has 0 aliphatic rings. The molecule has 152 valence electrons. The van der Waals surface area contributed by atoms with Gasteiger partial charge in [-0.15, -0.1) is 11.8 Å². The summed E-state index contributed by atoms with van der Waals surface area (Å²) in [5.74, 6) is -0.764. The molecule has 0 aliphatic carbocycles. The van der Waals surface area contributed by atoms with E-state index in [1.165, 1.54) is 0 Å². The minimum Gasteiger partial charge on any atom is -0.348 e. The monoisotopic (exact) mass is 418 g/mol. The highest BCUT2D eigenvalue weighted by molar-refractivity contribution is 7.98. The fourth-order valence-corrected chi connectivity index (χ4v) is 3.29. The van der Waals surface area contributed by atoms with Gasteiger partial charge in [-0.2, -0.15) is 0 Å². The van der Waals surface area contributed by atoms with Gasteiger partial charge in [-0.25, -0.2) is 5.48 Å². The highest BCUT2D eigenvalue weighted by atomic mass is 32.2. The third-order valence-electron chi connectivity index (χ3n) is 4.53. The van der Waals surface area contributed by atoms with Crippen LogP contribution >= 0.6 is 11.8 Å². The number of rotatable bonds is 7. The quantitative estimate of drug-likeness (QED) is 0.175. The molecule has 30 heavy (non-hydrogen) atoms. The zero-order valence-corrected chi connectivity index (χ0v) is 17.3. The Morgan fingerprint density at radius 3 is 2.17 bits per heavy atom. The summed E-state index contributed by atoms with van der Waals surface area (Å²) in [6, 6.07) is 24.2. The van der Waals surface area contributed by atoms with E-state index in [0.29, 0.717) is 17.7 Å². The molecular formula is C24H22N2O3S. The van der Waals surface area contributed by atoms with Crippen molar-refractivity contribution in [2.45, 2.75) is 11.4 Å². The molecule has 3 N–H and O–H groups in total. The van der Waals surface area contributed by atoms with E-state index in [2.05, 4.69) is 5.32 Å². The van der Waals surface area contributed by atoms with E-state index < -0.39 is 5.91 Å². The number of carbonyl (C=O) groups excluding carboxylic acids is 2. The molecule has 0 atom stereocenters. The summed E-state index contributed by atoms with van der Waals surface area (Å²) in [7, 11) is 0. The van der Waals surface area contributed by atoms with Crippen molar-refractivity contribution in [3.63, 3.8) is 0 Å². The van der Waals surface area contributed by atoms with E-state index in [0.717, 1.165) is 21.6 Å². The topological polar surface area (TPSA) is 78.4 Å². The van der Waals surface area contributed by atoms with Crippen molar-refractivity contribution >= 4 is 35.2 Å². The van der Waals surface area contributed by atoms with Gasteiger partial charge in [0.15, 0.2) is 0 Å². The molecule has 0 unspecified atom stereocenters. The van der Waals surface area contributed by atoms with Crippen molar-refractivity contribution in [1.29, 1.82) is 0 Å². The van der Waals surface area contributed by atoms with Gasteiger partial charge in [-0.1, -0.05) is 54.6 Å². The van der Waals surface area contributed by atoms with Crippen LogP contribution in [0.25, 0.3) is 11.6 Å². The number of hydrogen-bond acceptors (Lipinski definition) is 4. The summed E-state index contributed by atoms with van der Waals surface area (Å²) in [6.45, 7) is 0.315. The van der Waals surface area contributed by atoms with Gasteiger partial charge in [0.2, 0.25) is 0 Å². The van der Waals surface area contributed by atoms with Crippen LogP contribution in [0.15, 0.2) is 83.8 Å². The normalized spacial score (nSPS) is 11.1. The van der Waals surface area contributed by atoms with Crippen molar-refractivity contribution in [3.8, 4) is 0 Å². The highest BCUT2D eigenvalue weighted by Gasteiger charge is 2.12. The number of hydrogen-bond donors (Lipinski definition) is 3. The summed E-state index contributed by atoms with van der Waals surface area (Å²) in [5, 5.41) is 11.6. The molecule has 0 spiro atoms.